The number of aryl methyl sites for hydroxylation is 1. The Bertz CT molecular complexity index is 203. The van der Waals surface area contributed by atoms with E-state index in [1.54, 1.807) is 18.3 Å². The molecule has 1 atom stereocenters. The van der Waals surface area contributed by atoms with E-state index in [0.717, 1.165) is 12.0 Å². The monoisotopic (exact) mass is 156 g/mol. The third-order valence-corrected chi connectivity index (χ3v) is 2.63. The topological polar surface area (TPSA) is 20.2 Å². The van der Waals surface area contributed by atoms with Crippen LogP contribution in [-0.4, -0.2) is 5.11 Å². The van der Waals surface area contributed by atoms with Crippen LogP contribution in [0.5, 0.6) is 0 Å². The molecule has 1 heterocycles. The lowest BCUT2D eigenvalue weighted by Crippen LogP contribution is -1.91. The van der Waals surface area contributed by atoms with Gasteiger partial charge in [0.15, 0.2) is 0 Å². The molecule has 0 saturated heterocycles. The lowest BCUT2D eigenvalue weighted by Gasteiger charge is -2.02. The molecule has 56 valence electrons. The summed E-state index contributed by atoms with van der Waals surface area (Å²) in [6, 6.07) is 1.99. The van der Waals surface area contributed by atoms with Crippen molar-refractivity contribution in [1.29, 1.82) is 0 Å². The molecule has 1 N–H and O–H groups in total. The number of hydrogen-bond donors (Lipinski definition) is 1. The quantitative estimate of drug-likeness (QED) is 0.697. The highest BCUT2D eigenvalue weighted by Gasteiger charge is 2.06. The highest BCUT2D eigenvalue weighted by atomic mass is 32.1. The molecule has 0 bridgehead atoms. The van der Waals surface area contributed by atoms with Gasteiger partial charge in [-0.15, -0.1) is 11.3 Å². The average Bonchev–Trinajstić information content (AvgIpc) is 2.33. The molecule has 0 aliphatic heterocycles. The summed E-state index contributed by atoms with van der Waals surface area (Å²) in [6.45, 7) is 3.92. The van der Waals surface area contributed by atoms with Crippen LogP contribution >= 0.6 is 11.3 Å². The highest BCUT2D eigenvalue weighted by Crippen LogP contribution is 2.23. The van der Waals surface area contributed by atoms with Crippen LogP contribution in [0.2, 0.25) is 0 Å². The van der Waals surface area contributed by atoms with Crippen molar-refractivity contribution in [2.75, 3.05) is 0 Å². The van der Waals surface area contributed by atoms with Crippen LogP contribution in [0.1, 0.15) is 30.4 Å². The minimum absolute atomic E-state index is 0.304. The molecule has 2 heteroatoms. The summed E-state index contributed by atoms with van der Waals surface area (Å²) in [6.07, 6.45) is 0.721. The van der Waals surface area contributed by atoms with Crippen LogP contribution in [0.25, 0.3) is 0 Å². The number of rotatable bonds is 2. The van der Waals surface area contributed by atoms with Crippen LogP contribution in [0.15, 0.2) is 11.4 Å². The molecule has 0 aliphatic rings. The Morgan fingerprint density at radius 3 is 2.80 bits per heavy atom. The summed E-state index contributed by atoms with van der Waals surface area (Å²) in [5.41, 5.74) is 1.09. The Morgan fingerprint density at radius 1 is 1.70 bits per heavy atom. The van der Waals surface area contributed by atoms with Crippen molar-refractivity contribution in [2.24, 2.45) is 0 Å². The average molecular weight is 156 g/mol. The maximum atomic E-state index is 9.23. The number of thiophene rings is 1. The van der Waals surface area contributed by atoms with Gasteiger partial charge < -0.3 is 5.11 Å². The predicted octanol–water partition coefficient (Wildman–Crippen LogP) is 2.36. The number of aliphatic hydroxyl groups excluding tert-OH is 1. The highest BCUT2D eigenvalue weighted by molar-refractivity contribution is 7.10. The lowest BCUT2D eigenvalue weighted by molar-refractivity contribution is 0.199. The molecule has 0 saturated carbocycles. The van der Waals surface area contributed by atoms with Gasteiger partial charge in [-0.1, -0.05) is 6.92 Å². The second-order valence-corrected chi connectivity index (χ2v) is 3.33. The zero-order chi connectivity index (χ0) is 7.56. The first-order valence-corrected chi connectivity index (χ1v) is 4.38. The summed E-state index contributed by atoms with van der Waals surface area (Å²) < 4.78 is 0. The summed E-state index contributed by atoms with van der Waals surface area (Å²) in [5.74, 6) is 0. The van der Waals surface area contributed by atoms with E-state index in [-0.39, 0.29) is 6.10 Å². The summed E-state index contributed by atoms with van der Waals surface area (Å²) in [4.78, 5) is 1.30. The molecule has 1 unspecified atom stereocenters. The van der Waals surface area contributed by atoms with Crippen molar-refractivity contribution in [1.82, 2.24) is 0 Å². The fraction of sp³-hybridized carbons (Fsp3) is 0.500. The molecule has 0 amide bonds. The first kappa shape index (κ1) is 7.76. The van der Waals surface area contributed by atoms with Gasteiger partial charge in [0.1, 0.15) is 0 Å². The van der Waals surface area contributed by atoms with E-state index >= 15 is 0 Å². The van der Waals surface area contributed by atoms with E-state index in [1.807, 2.05) is 11.4 Å². The summed E-state index contributed by atoms with van der Waals surface area (Å²) in [7, 11) is 0. The molecule has 0 radical (unpaired) electrons. The SMILES string of the molecule is CCc1sccc1C(C)O. The van der Waals surface area contributed by atoms with Crippen LogP contribution in [0.4, 0.5) is 0 Å². The Labute approximate surface area is 65.3 Å². The first-order valence-electron chi connectivity index (χ1n) is 3.50. The van der Waals surface area contributed by atoms with Crippen LogP contribution in [0, 0.1) is 0 Å². The third-order valence-electron chi connectivity index (χ3n) is 1.55. The third kappa shape index (κ3) is 1.39. The molecule has 1 aromatic heterocycles. The van der Waals surface area contributed by atoms with Gasteiger partial charge in [0, 0.05) is 4.88 Å². The Balaban J connectivity index is 2.90. The fourth-order valence-electron chi connectivity index (χ4n) is 1.01. The molecule has 1 rings (SSSR count). The molecule has 0 fully saturated rings. The Hall–Kier alpha value is -0.340. The molecule has 1 nitrogen and oxygen atoms in total. The van der Waals surface area contributed by atoms with Gasteiger partial charge in [0.05, 0.1) is 6.10 Å². The minimum Gasteiger partial charge on any atom is -0.389 e. The van der Waals surface area contributed by atoms with E-state index in [0.29, 0.717) is 0 Å². The first-order chi connectivity index (χ1) is 4.75. The second kappa shape index (κ2) is 3.17. The Kier molecular flexibility index (Phi) is 2.46. The van der Waals surface area contributed by atoms with Gasteiger partial charge >= 0.3 is 0 Å². The molecule has 0 spiro atoms. The minimum atomic E-state index is -0.304. The standard InChI is InChI=1S/C8H12OS/c1-3-8-7(6(2)9)4-5-10-8/h4-6,9H,3H2,1-2H3. The molecule has 0 aromatic carbocycles. The van der Waals surface area contributed by atoms with E-state index in [1.165, 1.54) is 4.88 Å². The van der Waals surface area contributed by atoms with Crippen LogP contribution < -0.4 is 0 Å². The number of hydrogen-bond acceptors (Lipinski definition) is 2. The largest absolute Gasteiger partial charge is 0.389 e. The van der Waals surface area contributed by atoms with Gasteiger partial charge in [-0.25, -0.2) is 0 Å². The second-order valence-electron chi connectivity index (χ2n) is 2.33. The van der Waals surface area contributed by atoms with E-state index < -0.39 is 0 Å². The van der Waals surface area contributed by atoms with Crippen molar-refractivity contribution in [3.05, 3.63) is 21.9 Å². The Morgan fingerprint density at radius 2 is 2.40 bits per heavy atom. The normalized spacial score (nSPS) is 13.5. The van der Waals surface area contributed by atoms with E-state index in [4.69, 9.17) is 0 Å². The zero-order valence-corrected chi connectivity index (χ0v) is 7.11. The van der Waals surface area contributed by atoms with Gasteiger partial charge in [0.2, 0.25) is 0 Å². The maximum Gasteiger partial charge on any atom is 0.0772 e. The van der Waals surface area contributed by atoms with Crippen molar-refractivity contribution in [3.63, 3.8) is 0 Å². The summed E-state index contributed by atoms with van der Waals surface area (Å²) in [5, 5.41) is 11.3. The summed E-state index contributed by atoms with van der Waals surface area (Å²) >= 11 is 1.72. The van der Waals surface area contributed by atoms with Crippen molar-refractivity contribution >= 4 is 11.3 Å². The zero-order valence-electron chi connectivity index (χ0n) is 6.29. The predicted molar refractivity (Wildman–Crippen MR) is 44.3 cm³/mol. The van der Waals surface area contributed by atoms with E-state index in [2.05, 4.69) is 6.92 Å². The van der Waals surface area contributed by atoms with Crippen molar-refractivity contribution in [3.8, 4) is 0 Å². The molecular formula is C8H12OS. The van der Waals surface area contributed by atoms with E-state index in [9.17, 15) is 5.11 Å². The van der Waals surface area contributed by atoms with Gasteiger partial charge in [-0.3, -0.25) is 0 Å². The van der Waals surface area contributed by atoms with Gasteiger partial charge in [0.25, 0.3) is 0 Å². The number of aliphatic hydroxyl groups is 1. The van der Waals surface area contributed by atoms with Crippen molar-refractivity contribution in [2.45, 2.75) is 26.4 Å². The fourth-order valence-corrected chi connectivity index (χ4v) is 1.93. The molecule has 1 aromatic rings. The van der Waals surface area contributed by atoms with Crippen LogP contribution in [0.3, 0.4) is 0 Å². The smallest absolute Gasteiger partial charge is 0.0772 e. The van der Waals surface area contributed by atoms with Gasteiger partial charge in [-0.05, 0) is 30.4 Å². The molecule has 10 heavy (non-hydrogen) atoms. The molecular weight excluding hydrogens is 144 g/mol. The molecule has 0 aliphatic carbocycles. The van der Waals surface area contributed by atoms with Crippen molar-refractivity contribution < 1.29 is 5.11 Å². The maximum absolute atomic E-state index is 9.23. The van der Waals surface area contributed by atoms with Crippen LogP contribution in [-0.2, 0) is 6.42 Å². The van der Waals surface area contributed by atoms with Gasteiger partial charge in [-0.2, -0.15) is 0 Å². The lowest BCUT2D eigenvalue weighted by atomic mass is 10.1.